The minimum atomic E-state index is 0.573. The van der Waals surface area contributed by atoms with Gasteiger partial charge in [-0.3, -0.25) is 0 Å². The van der Waals surface area contributed by atoms with Crippen LogP contribution in [0.3, 0.4) is 0 Å². The third-order valence-corrected chi connectivity index (χ3v) is 5.24. The molecule has 0 aliphatic heterocycles. The first-order valence-corrected chi connectivity index (χ1v) is 11.3. The number of benzene rings is 2. The molecule has 0 N–H and O–H groups in total. The van der Waals surface area contributed by atoms with Crippen LogP contribution in [-0.4, -0.2) is 39.8 Å². The summed E-state index contributed by atoms with van der Waals surface area (Å²) in [5.41, 5.74) is 4.75. The molecule has 0 saturated heterocycles. The molecule has 0 spiro atoms. The molecule has 0 aliphatic rings. The molecule has 33 heavy (non-hydrogen) atoms. The Morgan fingerprint density at radius 1 is 0.909 bits per heavy atom. The third kappa shape index (κ3) is 7.45. The second kappa shape index (κ2) is 13.4. The van der Waals surface area contributed by atoms with Gasteiger partial charge in [-0.05, 0) is 82.9 Å². The molecule has 0 aliphatic carbocycles. The lowest BCUT2D eigenvalue weighted by Gasteiger charge is -2.16. The fourth-order valence-corrected chi connectivity index (χ4v) is 3.59. The van der Waals surface area contributed by atoms with Crippen LogP contribution in [-0.2, 0) is 4.84 Å². The molecular formula is C27H37NO5. The highest BCUT2D eigenvalue weighted by molar-refractivity contribution is 6.01. The van der Waals surface area contributed by atoms with Gasteiger partial charge in [0.2, 0.25) is 0 Å². The van der Waals surface area contributed by atoms with Crippen LogP contribution in [0.2, 0.25) is 0 Å². The van der Waals surface area contributed by atoms with Gasteiger partial charge in [-0.25, -0.2) is 0 Å². The molecule has 0 saturated carbocycles. The van der Waals surface area contributed by atoms with Crippen molar-refractivity contribution >= 4 is 5.71 Å². The first-order valence-electron chi connectivity index (χ1n) is 11.3. The van der Waals surface area contributed by atoms with Crippen molar-refractivity contribution in [3.05, 3.63) is 58.7 Å². The lowest BCUT2D eigenvalue weighted by molar-refractivity contribution is 0.213. The SMILES string of the molecule is C/C=C/COc1cc(C)c(OCCCCOc2ccc(C(C)=NOC)c(OC)c2C)c(C)c1. The molecular weight excluding hydrogens is 418 g/mol. The predicted octanol–water partition coefficient (Wildman–Crippen LogP) is 6.18. The highest BCUT2D eigenvalue weighted by Crippen LogP contribution is 2.32. The Kier molecular flexibility index (Phi) is 10.6. The fraction of sp³-hybridized carbons (Fsp3) is 0.444. The summed E-state index contributed by atoms with van der Waals surface area (Å²) < 4.78 is 23.4. The Hall–Kier alpha value is -3.15. The molecule has 0 fully saturated rings. The lowest BCUT2D eigenvalue weighted by Crippen LogP contribution is -2.07. The number of hydrogen-bond acceptors (Lipinski definition) is 6. The Labute approximate surface area is 198 Å². The molecule has 2 rings (SSSR count). The second-order valence-electron chi connectivity index (χ2n) is 7.80. The van der Waals surface area contributed by atoms with Gasteiger partial charge in [0.15, 0.2) is 0 Å². The third-order valence-electron chi connectivity index (χ3n) is 5.24. The summed E-state index contributed by atoms with van der Waals surface area (Å²) >= 11 is 0. The van der Waals surface area contributed by atoms with Crippen LogP contribution >= 0.6 is 0 Å². The summed E-state index contributed by atoms with van der Waals surface area (Å²) in [6.45, 7) is 11.8. The maximum Gasteiger partial charge on any atom is 0.134 e. The number of unbranched alkanes of at least 4 members (excludes halogenated alkanes) is 1. The summed E-state index contributed by atoms with van der Waals surface area (Å²) in [6, 6.07) is 7.94. The van der Waals surface area contributed by atoms with Gasteiger partial charge in [0.25, 0.3) is 0 Å². The van der Waals surface area contributed by atoms with Crippen molar-refractivity contribution in [3.8, 4) is 23.0 Å². The largest absolute Gasteiger partial charge is 0.496 e. The monoisotopic (exact) mass is 455 g/mol. The molecule has 0 atom stereocenters. The van der Waals surface area contributed by atoms with E-state index in [0.29, 0.717) is 19.8 Å². The van der Waals surface area contributed by atoms with Gasteiger partial charge in [0.05, 0.1) is 26.0 Å². The van der Waals surface area contributed by atoms with E-state index in [1.807, 2.05) is 71.0 Å². The summed E-state index contributed by atoms with van der Waals surface area (Å²) in [7, 11) is 3.18. The van der Waals surface area contributed by atoms with Crippen molar-refractivity contribution in [2.24, 2.45) is 5.16 Å². The van der Waals surface area contributed by atoms with Crippen LogP contribution in [0.15, 0.2) is 41.6 Å². The minimum absolute atomic E-state index is 0.573. The first-order chi connectivity index (χ1) is 15.9. The van der Waals surface area contributed by atoms with Crippen LogP contribution < -0.4 is 18.9 Å². The molecule has 6 heteroatoms. The van der Waals surface area contributed by atoms with Gasteiger partial charge in [-0.1, -0.05) is 17.3 Å². The number of methoxy groups -OCH3 is 1. The van der Waals surface area contributed by atoms with E-state index in [4.69, 9.17) is 23.8 Å². The molecule has 0 heterocycles. The number of nitrogens with zero attached hydrogens (tertiary/aromatic N) is 1. The van der Waals surface area contributed by atoms with Gasteiger partial charge in [0.1, 0.15) is 36.7 Å². The van der Waals surface area contributed by atoms with Crippen LogP contribution in [0.4, 0.5) is 0 Å². The molecule has 2 aromatic carbocycles. The van der Waals surface area contributed by atoms with Crippen molar-refractivity contribution in [2.45, 2.75) is 47.5 Å². The molecule has 0 unspecified atom stereocenters. The molecule has 2 aromatic rings. The van der Waals surface area contributed by atoms with Crippen molar-refractivity contribution < 1.29 is 23.8 Å². The smallest absolute Gasteiger partial charge is 0.134 e. The summed E-state index contributed by atoms with van der Waals surface area (Å²) in [5, 5.41) is 4.00. The van der Waals surface area contributed by atoms with Crippen LogP contribution in [0.25, 0.3) is 0 Å². The number of ether oxygens (including phenoxy) is 4. The standard InChI is InChI=1S/C27H37NO5/c1-8-9-14-31-23-17-19(2)26(20(3)18-23)33-16-11-10-15-32-25-13-12-24(22(5)28-30-7)27(29-6)21(25)4/h8-9,12-13,17-18H,10-11,14-16H2,1-7H3/b9-8+,28-22?. The molecule has 0 bridgehead atoms. The predicted molar refractivity (Wildman–Crippen MR) is 133 cm³/mol. The Morgan fingerprint density at radius 3 is 2.18 bits per heavy atom. The van der Waals surface area contributed by atoms with Gasteiger partial charge >= 0.3 is 0 Å². The summed E-state index contributed by atoms with van der Waals surface area (Å²) in [4.78, 5) is 4.88. The van der Waals surface area contributed by atoms with E-state index in [9.17, 15) is 0 Å². The minimum Gasteiger partial charge on any atom is -0.496 e. The van der Waals surface area contributed by atoms with E-state index in [1.165, 1.54) is 7.11 Å². The summed E-state index contributed by atoms with van der Waals surface area (Å²) in [6.07, 6.45) is 5.74. The van der Waals surface area contributed by atoms with E-state index in [1.54, 1.807) is 7.11 Å². The van der Waals surface area contributed by atoms with E-state index >= 15 is 0 Å². The van der Waals surface area contributed by atoms with Gasteiger partial charge < -0.3 is 23.8 Å². The van der Waals surface area contributed by atoms with E-state index < -0.39 is 0 Å². The van der Waals surface area contributed by atoms with Crippen molar-refractivity contribution in [3.63, 3.8) is 0 Å². The lowest BCUT2D eigenvalue weighted by atomic mass is 10.1. The molecule has 6 nitrogen and oxygen atoms in total. The van der Waals surface area contributed by atoms with Crippen LogP contribution in [0, 0.1) is 20.8 Å². The quantitative estimate of drug-likeness (QED) is 0.156. The summed E-state index contributed by atoms with van der Waals surface area (Å²) in [5.74, 6) is 3.35. The average Bonchev–Trinajstić information content (AvgIpc) is 2.78. The topological polar surface area (TPSA) is 58.5 Å². The van der Waals surface area contributed by atoms with Crippen molar-refractivity contribution in [1.82, 2.24) is 0 Å². The first kappa shape index (κ1) is 26.1. The zero-order valence-electron chi connectivity index (χ0n) is 21.0. The molecule has 180 valence electrons. The highest BCUT2D eigenvalue weighted by Gasteiger charge is 2.14. The number of hydrogen-bond donors (Lipinski definition) is 0. The van der Waals surface area contributed by atoms with E-state index in [0.717, 1.165) is 63.8 Å². The second-order valence-corrected chi connectivity index (χ2v) is 7.80. The number of oxime groups is 1. The molecule has 0 aromatic heterocycles. The molecule has 0 radical (unpaired) electrons. The maximum absolute atomic E-state index is 6.06. The normalized spacial score (nSPS) is 11.5. The Balaban J connectivity index is 1.85. The zero-order chi connectivity index (χ0) is 24.2. The highest BCUT2D eigenvalue weighted by atomic mass is 16.6. The average molecular weight is 456 g/mol. The van der Waals surface area contributed by atoms with Crippen LogP contribution in [0.5, 0.6) is 23.0 Å². The Bertz CT molecular complexity index is 942. The maximum atomic E-state index is 6.06. The van der Waals surface area contributed by atoms with Crippen molar-refractivity contribution in [2.75, 3.05) is 34.0 Å². The zero-order valence-corrected chi connectivity index (χ0v) is 21.0. The Morgan fingerprint density at radius 2 is 1.58 bits per heavy atom. The van der Waals surface area contributed by atoms with Gasteiger partial charge in [-0.2, -0.15) is 0 Å². The van der Waals surface area contributed by atoms with E-state index in [2.05, 4.69) is 5.16 Å². The van der Waals surface area contributed by atoms with Crippen molar-refractivity contribution in [1.29, 1.82) is 0 Å². The molecule has 0 amide bonds. The number of aryl methyl sites for hydroxylation is 2. The number of allylic oxidation sites excluding steroid dienone is 1. The fourth-order valence-electron chi connectivity index (χ4n) is 3.59. The van der Waals surface area contributed by atoms with Gasteiger partial charge in [-0.15, -0.1) is 0 Å². The van der Waals surface area contributed by atoms with E-state index in [-0.39, 0.29) is 0 Å². The number of rotatable bonds is 13. The van der Waals surface area contributed by atoms with Crippen LogP contribution in [0.1, 0.15) is 48.9 Å². The van der Waals surface area contributed by atoms with Gasteiger partial charge in [0, 0.05) is 11.1 Å².